The van der Waals surface area contributed by atoms with Gasteiger partial charge in [-0.3, -0.25) is 9.59 Å². The molecule has 5 heteroatoms. The minimum atomic E-state index is -0.562. The molecule has 0 aromatic heterocycles. The molecule has 0 heterocycles. The zero-order valence-electron chi connectivity index (χ0n) is 20.1. The molecule has 1 atom stereocenters. The van der Waals surface area contributed by atoms with Crippen LogP contribution in [-0.4, -0.2) is 35.1 Å². The smallest absolute Gasteiger partial charge is 0.243 e. The Kier molecular flexibility index (Phi) is 10.2. The van der Waals surface area contributed by atoms with Crippen molar-refractivity contribution < 1.29 is 9.59 Å². The lowest BCUT2D eigenvalue weighted by atomic mass is 10.0. The summed E-state index contributed by atoms with van der Waals surface area (Å²) >= 11 is 1.75. The predicted octanol–water partition coefficient (Wildman–Crippen LogP) is 5.39. The highest BCUT2D eigenvalue weighted by Gasteiger charge is 2.30. The molecule has 0 saturated carbocycles. The van der Waals surface area contributed by atoms with Crippen LogP contribution in [0.4, 0.5) is 0 Å². The Hall–Kier alpha value is -3.05. The summed E-state index contributed by atoms with van der Waals surface area (Å²) in [5.41, 5.74) is 4.48. The normalized spacial score (nSPS) is 11.6. The highest BCUT2D eigenvalue weighted by molar-refractivity contribution is 7.98. The average Bonchev–Trinajstić information content (AvgIpc) is 2.86. The van der Waals surface area contributed by atoms with E-state index in [-0.39, 0.29) is 11.8 Å². The van der Waals surface area contributed by atoms with Crippen molar-refractivity contribution in [3.63, 3.8) is 0 Å². The van der Waals surface area contributed by atoms with Crippen molar-refractivity contribution in [1.29, 1.82) is 0 Å². The van der Waals surface area contributed by atoms with Gasteiger partial charge in [0.25, 0.3) is 0 Å². The molecule has 0 aliphatic heterocycles. The SMILES string of the molecule is CCNC(=O)C(Cc1ccccc1)N(Cc1ccccc1C)C(=O)CCSCc1ccccc1. The van der Waals surface area contributed by atoms with Crippen molar-refractivity contribution >= 4 is 23.6 Å². The molecule has 1 unspecified atom stereocenters. The second kappa shape index (κ2) is 13.6. The summed E-state index contributed by atoms with van der Waals surface area (Å²) in [6.07, 6.45) is 0.884. The average molecular weight is 475 g/mol. The van der Waals surface area contributed by atoms with Crippen LogP contribution in [0.1, 0.15) is 35.6 Å². The number of nitrogens with zero attached hydrogens (tertiary/aromatic N) is 1. The van der Waals surface area contributed by atoms with Crippen molar-refractivity contribution in [2.24, 2.45) is 0 Å². The van der Waals surface area contributed by atoms with Gasteiger partial charge in [0.05, 0.1) is 0 Å². The monoisotopic (exact) mass is 474 g/mol. The second-order valence-electron chi connectivity index (χ2n) is 8.34. The van der Waals surface area contributed by atoms with E-state index in [9.17, 15) is 9.59 Å². The van der Waals surface area contributed by atoms with Crippen LogP contribution in [0.2, 0.25) is 0 Å². The van der Waals surface area contributed by atoms with Gasteiger partial charge in [-0.25, -0.2) is 0 Å². The van der Waals surface area contributed by atoms with Crippen LogP contribution in [0, 0.1) is 6.92 Å². The minimum absolute atomic E-state index is 0.0102. The number of benzene rings is 3. The Labute approximate surface area is 207 Å². The third-order valence-electron chi connectivity index (χ3n) is 5.80. The van der Waals surface area contributed by atoms with Crippen LogP contribution in [0.25, 0.3) is 0 Å². The largest absolute Gasteiger partial charge is 0.355 e. The van der Waals surface area contributed by atoms with Gasteiger partial charge < -0.3 is 10.2 Å². The number of hydrogen-bond donors (Lipinski definition) is 1. The highest BCUT2D eigenvalue weighted by Crippen LogP contribution is 2.19. The fourth-order valence-electron chi connectivity index (χ4n) is 3.88. The first-order valence-corrected chi connectivity index (χ1v) is 13.0. The number of rotatable bonds is 12. The highest BCUT2D eigenvalue weighted by atomic mass is 32.2. The van der Waals surface area contributed by atoms with Crippen LogP contribution < -0.4 is 5.32 Å². The second-order valence-corrected chi connectivity index (χ2v) is 9.44. The van der Waals surface area contributed by atoms with Crippen LogP contribution >= 0.6 is 11.8 Å². The van der Waals surface area contributed by atoms with E-state index in [1.165, 1.54) is 5.56 Å². The minimum Gasteiger partial charge on any atom is -0.355 e. The topological polar surface area (TPSA) is 49.4 Å². The zero-order chi connectivity index (χ0) is 24.2. The van der Waals surface area contributed by atoms with Crippen molar-refractivity contribution in [2.75, 3.05) is 12.3 Å². The van der Waals surface area contributed by atoms with Crippen molar-refractivity contribution in [3.8, 4) is 0 Å². The zero-order valence-corrected chi connectivity index (χ0v) is 20.9. The van der Waals surface area contributed by atoms with E-state index in [4.69, 9.17) is 0 Å². The molecule has 1 N–H and O–H groups in total. The summed E-state index contributed by atoms with van der Waals surface area (Å²) < 4.78 is 0. The number of carbonyl (C=O) groups is 2. The molecule has 0 bridgehead atoms. The molecular weight excluding hydrogens is 440 g/mol. The number of likely N-dealkylation sites (N-methyl/N-ethyl adjacent to an activating group) is 1. The first kappa shape index (κ1) is 25.6. The number of nitrogens with one attached hydrogen (secondary N) is 1. The van der Waals surface area contributed by atoms with Crippen LogP contribution in [0.15, 0.2) is 84.9 Å². The van der Waals surface area contributed by atoms with Gasteiger partial charge in [-0.15, -0.1) is 0 Å². The number of thioether (sulfide) groups is 1. The summed E-state index contributed by atoms with van der Waals surface area (Å²) in [7, 11) is 0. The molecule has 34 heavy (non-hydrogen) atoms. The molecule has 0 spiro atoms. The molecule has 0 aliphatic rings. The summed E-state index contributed by atoms with van der Waals surface area (Å²) in [6, 6.07) is 27.7. The van der Waals surface area contributed by atoms with Gasteiger partial charge in [-0.2, -0.15) is 11.8 Å². The molecule has 4 nitrogen and oxygen atoms in total. The first-order valence-electron chi connectivity index (χ1n) is 11.9. The maximum Gasteiger partial charge on any atom is 0.243 e. The van der Waals surface area contributed by atoms with E-state index in [1.807, 2.05) is 86.6 Å². The lowest BCUT2D eigenvalue weighted by molar-refractivity contribution is -0.140. The molecule has 3 aromatic carbocycles. The van der Waals surface area contributed by atoms with Gasteiger partial charge in [0, 0.05) is 37.4 Å². The Bertz CT molecular complexity index is 1040. The van der Waals surface area contributed by atoms with Gasteiger partial charge >= 0.3 is 0 Å². The van der Waals surface area contributed by atoms with Gasteiger partial charge in [0.1, 0.15) is 6.04 Å². The van der Waals surface area contributed by atoms with Gasteiger partial charge in [-0.05, 0) is 36.1 Å². The van der Waals surface area contributed by atoms with E-state index >= 15 is 0 Å². The summed E-state index contributed by atoms with van der Waals surface area (Å²) in [4.78, 5) is 28.5. The maximum atomic E-state index is 13.5. The third kappa shape index (κ3) is 7.77. The van der Waals surface area contributed by atoms with Crippen molar-refractivity contribution in [2.45, 2.75) is 45.0 Å². The van der Waals surface area contributed by atoms with Crippen molar-refractivity contribution in [1.82, 2.24) is 10.2 Å². The van der Waals surface area contributed by atoms with Crippen LogP contribution in [-0.2, 0) is 28.3 Å². The summed E-state index contributed by atoms with van der Waals surface area (Å²) in [5.74, 6) is 1.49. The molecule has 0 radical (unpaired) electrons. The fourth-order valence-corrected chi connectivity index (χ4v) is 4.78. The van der Waals surface area contributed by atoms with E-state index in [0.29, 0.717) is 31.7 Å². The number of carbonyl (C=O) groups excluding carboxylic acids is 2. The summed E-state index contributed by atoms with van der Waals surface area (Å²) in [6.45, 7) is 4.91. The predicted molar refractivity (Wildman–Crippen MR) is 142 cm³/mol. The van der Waals surface area contributed by atoms with Gasteiger partial charge in [-0.1, -0.05) is 84.9 Å². The first-order chi connectivity index (χ1) is 16.6. The van der Waals surface area contributed by atoms with E-state index in [1.54, 1.807) is 16.7 Å². The van der Waals surface area contributed by atoms with Crippen LogP contribution in [0.5, 0.6) is 0 Å². The molecular formula is C29H34N2O2S. The van der Waals surface area contributed by atoms with E-state index in [2.05, 4.69) is 17.4 Å². The molecule has 0 fully saturated rings. The number of aryl methyl sites for hydroxylation is 1. The molecule has 0 aliphatic carbocycles. The lowest BCUT2D eigenvalue weighted by Crippen LogP contribution is -2.50. The Balaban J connectivity index is 1.78. The molecule has 178 valence electrons. The quantitative estimate of drug-likeness (QED) is 0.358. The van der Waals surface area contributed by atoms with Crippen LogP contribution in [0.3, 0.4) is 0 Å². The molecule has 2 amide bonds. The lowest BCUT2D eigenvalue weighted by Gasteiger charge is -2.32. The van der Waals surface area contributed by atoms with E-state index < -0.39 is 6.04 Å². The van der Waals surface area contributed by atoms with Gasteiger partial charge in [0.2, 0.25) is 11.8 Å². The third-order valence-corrected chi connectivity index (χ3v) is 6.83. The standard InChI is InChI=1S/C29H34N2O2S/c1-3-30-29(33)27(20-24-13-6-4-7-14-24)31(21-26-17-11-10-12-23(26)2)28(32)18-19-34-22-25-15-8-5-9-16-25/h4-17,27H,3,18-22H2,1-2H3,(H,30,33). The Morgan fingerprint density at radius 1 is 0.882 bits per heavy atom. The summed E-state index contributed by atoms with van der Waals surface area (Å²) in [5, 5.41) is 2.95. The maximum absolute atomic E-state index is 13.5. The molecule has 0 saturated heterocycles. The van der Waals surface area contributed by atoms with Gasteiger partial charge in [0.15, 0.2) is 0 Å². The number of amides is 2. The molecule has 3 rings (SSSR count). The van der Waals surface area contributed by atoms with E-state index in [0.717, 1.165) is 22.4 Å². The number of hydrogen-bond acceptors (Lipinski definition) is 3. The Morgan fingerprint density at radius 2 is 1.50 bits per heavy atom. The Morgan fingerprint density at radius 3 is 2.15 bits per heavy atom. The fraction of sp³-hybridized carbons (Fsp3) is 0.310. The molecule has 3 aromatic rings. The van der Waals surface area contributed by atoms with Crippen molar-refractivity contribution in [3.05, 3.63) is 107 Å².